The van der Waals surface area contributed by atoms with Crippen LogP contribution in [0.1, 0.15) is 25.3 Å². The smallest absolute Gasteiger partial charge is 0.227 e. The fraction of sp³-hybridized carbons (Fsp3) is 0.556. The van der Waals surface area contributed by atoms with E-state index in [0.717, 1.165) is 24.9 Å². The molecule has 0 spiro atoms. The van der Waals surface area contributed by atoms with Crippen LogP contribution in [0.4, 0.5) is 0 Å². The number of benzene rings is 1. The molecule has 0 bridgehead atoms. The number of amides is 2. The maximum absolute atomic E-state index is 12.4. The number of piperidine rings is 1. The highest BCUT2D eigenvalue weighted by atomic mass is 35.5. The Labute approximate surface area is 150 Å². The van der Waals surface area contributed by atoms with Crippen LogP contribution in [0.15, 0.2) is 30.3 Å². The van der Waals surface area contributed by atoms with E-state index in [1.807, 2.05) is 49.2 Å². The van der Waals surface area contributed by atoms with Crippen molar-refractivity contribution >= 4 is 24.2 Å². The molecule has 2 amide bonds. The highest BCUT2D eigenvalue weighted by Crippen LogP contribution is 2.18. The molecule has 2 N–H and O–H groups in total. The average Bonchev–Trinajstić information content (AvgIpc) is 2.60. The number of hydrogen-bond donors (Lipinski definition) is 2. The summed E-state index contributed by atoms with van der Waals surface area (Å²) in [6.07, 6.45) is 2.15. The number of carbonyl (C=O) groups excluding carboxylic acids is 2. The summed E-state index contributed by atoms with van der Waals surface area (Å²) in [6, 6.07) is 10.0. The Morgan fingerprint density at radius 1 is 1.29 bits per heavy atom. The second-order valence-electron chi connectivity index (χ2n) is 6.28. The van der Waals surface area contributed by atoms with Crippen LogP contribution < -0.4 is 10.6 Å². The van der Waals surface area contributed by atoms with Gasteiger partial charge in [0.15, 0.2) is 0 Å². The lowest BCUT2D eigenvalue weighted by Gasteiger charge is -2.32. The minimum absolute atomic E-state index is 0. The van der Waals surface area contributed by atoms with Gasteiger partial charge < -0.3 is 15.5 Å². The second kappa shape index (κ2) is 10.3. The molecule has 0 saturated carbocycles. The highest BCUT2D eigenvalue weighted by molar-refractivity contribution is 5.85. The predicted octanol–water partition coefficient (Wildman–Crippen LogP) is 1.61. The number of nitrogens with one attached hydrogen (secondary N) is 2. The van der Waals surface area contributed by atoms with E-state index >= 15 is 0 Å². The van der Waals surface area contributed by atoms with Gasteiger partial charge in [-0.05, 0) is 32.4 Å². The molecule has 134 valence electrons. The molecule has 2 atom stereocenters. The molecular weight excluding hydrogens is 326 g/mol. The van der Waals surface area contributed by atoms with E-state index in [1.165, 1.54) is 0 Å². The van der Waals surface area contributed by atoms with Crippen LogP contribution >= 0.6 is 12.4 Å². The summed E-state index contributed by atoms with van der Waals surface area (Å²) >= 11 is 0. The number of halogens is 1. The molecule has 0 aromatic heterocycles. The zero-order chi connectivity index (χ0) is 16.7. The van der Waals surface area contributed by atoms with Gasteiger partial charge in [-0.25, -0.2) is 0 Å². The Kier molecular flexibility index (Phi) is 8.79. The molecule has 1 fully saturated rings. The number of likely N-dealkylation sites (tertiary alicyclic amines) is 1. The number of hydrogen-bond acceptors (Lipinski definition) is 3. The zero-order valence-corrected chi connectivity index (χ0v) is 15.3. The summed E-state index contributed by atoms with van der Waals surface area (Å²) in [5, 5.41) is 6.07. The quantitative estimate of drug-likeness (QED) is 0.816. The van der Waals surface area contributed by atoms with Crippen molar-refractivity contribution in [2.24, 2.45) is 5.92 Å². The third kappa shape index (κ3) is 6.13. The standard InChI is InChI=1S/C18H27N3O2.ClH/c1-14(19-2)12-20-18(23)16-9-6-10-21(13-16)17(22)11-15-7-4-3-5-8-15;/h3-5,7-8,14,16,19H,6,9-13H2,1-2H3,(H,20,23);1H. The lowest BCUT2D eigenvalue weighted by molar-refractivity contribution is -0.135. The molecule has 1 heterocycles. The van der Waals surface area contributed by atoms with Crippen molar-refractivity contribution in [2.75, 3.05) is 26.7 Å². The SMILES string of the molecule is CNC(C)CNC(=O)C1CCCN(C(=O)Cc2ccccc2)C1.Cl. The van der Waals surface area contributed by atoms with Crippen molar-refractivity contribution in [3.8, 4) is 0 Å². The van der Waals surface area contributed by atoms with Crippen molar-refractivity contribution in [1.82, 2.24) is 15.5 Å². The van der Waals surface area contributed by atoms with Gasteiger partial charge in [-0.2, -0.15) is 0 Å². The van der Waals surface area contributed by atoms with Crippen molar-refractivity contribution in [3.63, 3.8) is 0 Å². The normalized spacial score (nSPS) is 18.4. The average molecular weight is 354 g/mol. The molecule has 1 saturated heterocycles. The number of rotatable bonds is 6. The molecule has 1 aliphatic heterocycles. The van der Waals surface area contributed by atoms with Crippen molar-refractivity contribution in [1.29, 1.82) is 0 Å². The Hall–Kier alpha value is -1.59. The maximum atomic E-state index is 12.4. The summed E-state index contributed by atoms with van der Waals surface area (Å²) < 4.78 is 0. The molecule has 1 aromatic carbocycles. The Balaban J connectivity index is 0.00000288. The van der Waals surface area contributed by atoms with Gasteiger partial charge in [0.1, 0.15) is 0 Å². The lowest BCUT2D eigenvalue weighted by atomic mass is 9.96. The van der Waals surface area contributed by atoms with E-state index in [-0.39, 0.29) is 36.2 Å². The van der Waals surface area contributed by atoms with E-state index in [2.05, 4.69) is 10.6 Å². The number of carbonyl (C=O) groups is 2. The van der Waals surface area contributed by atoms with E-state index < -0.39 is 0 Å². The Bertz CT molecular complexity index is 524. The lowest BCUT2D eigenvalue weighted by Crippen LogP contribution is -2.47. The fourth-order valence-electron chi connectivity index (χ4n) is 2.80. The first-order valence-electron chi connectivity index (χ1n) is 8.37. The third-order valence-electron chi connectivity index (χ3n) is 4.42. The first-order chi connectivity index (χ1) is 11.1. The summed E-state index contributed by atoms with van der Waals surface area (Å²) in [5.41, 5.74) is 1.02. The van der Waals surface area contributed by atoms with Gasteiger partial charge >= 0.3 is 0 Å². The van der Waals surface area contributed by atoms with Gasteiger partial charge in [0.2, 0.25) is 11.8 Å². The molecular formula is C18H28ClN3O2. The summed E-state index contributed by atoms with van der Waals surface area (Å²) in [4.78, 5) is 26.5. The van der Waals surface area contributed by atoms with Crippen molar-refractivity contribution in [2.45, 2.75) is 32.2 Å². The monoisotopic (exact) mass is 353 g/mol. The Morgan fingerprint density at radius 2 is 2.00 bits per heavy atom. The van der Waals surface area contributed by atoms with E-state index in [0.29, 0.717) is 19.5 Å². The molecule has 6 heteroatoms. The van der Waals surface area contributed by atoms with Crippen LogP contribution in [-0.4, -0.2) is 49.4 Å². The zero-order valence-electron chi connectivity index (χ0n) is 14.5. The van der Waals surface area contributed by atoms with E-state index in [4.69, 9.17) is 0 Å². The maximum Gasteiger partial charge on any atom is 0.227 e. The van der Waals surface area contributed by atoms with Crippen LogP contribution in [0, 0.1) is 5.92 Å². The molecule has 1 aromatic rings. The first-order valence-corrected chi connectivity index (χ1v) is 8.37. The van der Waals surface area contributed by atoms with Gasteiger partial charge in [-0.3, -0.25) is 9.59 Å². The number of likely N-dealkylation sites (N-methyl/N-ethyl adjacent to an activating group) is 1. The van der Waals surface area contributed by atoms with Crippen LogP contribution in [0.3, 0.4) is 0 Å². The van der Waals surface area contributed by atoms with Gasteiger partial charge in [-0.15, -0.1) is 12.4 Å². The summed E-state index contributed by atoms with van der Waals surface area (Å²) in [6.45, 7) is 3.93. The molecule has 0 aliphatic carbocycles. The summed E-state index contributed by atoms with van der Waals surface area (Å²) in [5.74, 6) is 0.0779. The topological polar surface area (TPSA) is 61.4 Å². The van der Waals surface area contributed by atoms with Crippen LogP contribution in [0.25, 0.3) is 0 Å². The van der Waals surface area contributed by atoms with Crippen LogP contribution in [0.5, 0.6) is 0 Å². The first kappa shape index (κ1) is 20.5. The third-order valence-corrected chi connectivity index (χ3v) is 4.42. The molecule has 24 heavy (non-hydrogen) atoms. The largest absolute Gasteiger partial charge is 0.354 e. The fourth-order valence-corrected chi connectivity index (χ4v) is 2.80. The van der Waals surface area contributed by atoms with Crippen LogP contribution in [-0.2, 0) is 16.0 Å². The number of nitrogens with zero attached hydrogens (tertiary/aromatic N) is 1. The predicted molar refractivity (Wildman–Crippen MR) is 98.2 cm³/mol. The molecule has 2 unspecified atom stereocenters. The molecule has 2 rings (SSSR count). The minimum atomic E-state index is -0.0903. The van der Waals surface area contributed by atoms with Gasteiger partial charge in [0, 0.05) is 25.7 Å². The Morgan fingerprint density at radius 3 is 2.67 bits per heavy atom. The molecule has 5 nitrogen and oxygen atoms in total. The summed E-state index contributed by atoms with van der Waals surface area (Å²) in [7, 11) is 1.88. The second-order valence-corrected chi connectivity index (χ2v) is 6.28. The van der Waals surface area contributed by atoms with Gasteiger partial charge in [0.25, 0.3) is 0 Å². The van der Waals surface area contributed by atoms with Crippen LogP contribution in [0.2, 0.25) is 0 Å². The van der Waals surface area contributed by atoms with E-state index in [1.54, 1.807) is 0 Å². The molecule has 0 radical (unpaired) electrons. The highest BCUT2D eigenvalue weighted by Gasteiger charge is 2.28. The minimum Gasteiger partial charge on any atom is -0.354 e. The van der Waals surface area contributed by atoms with Crippen molar-refractivity contribution < 1.29 is 9.59 Å². The van der Waals surface area contributed by atoms with Gasteiger partial charge in [-0.1, -0.05) is 30.3 Å². The molecule has 1 aliphatic rings. The van der Waals surface area contributed by atoms with Crippen molar-refractivity contribution in [3.05, 3.63) is 35.9 Å². The van der Waals surface area contributed by atoms with Gasteiger partial charge in [0.05, 0.1) is 12.3 Å². The van der Waals surface area contributed by atoms with E-state index in [9.17, 15) is 9.59 Å².